The molecule has 15 heavy (non-hydrogen) atoms. The first kappa shape index (κ1) is 10.7. The van der Waals surface area contributed by atoms with E-state index in [1.165, 1.54) is 25.7 Å². The Bertz CT molecular complexity index is 244. The van der Waals surface area contributed by atoms with Gasteiger partial charge in [-0.3, -0.25) is 4.99 Å². The molecule has 0 spiro atoms. The quantitative estimate of drug-likeness (QED) is 0.553. The lowest BCUT2D eigenvalue weighted by atomic mass is 9.69. The fourth-order valence-electron chi connectivity index (χ4n) is 2.23. The van der Waals surface area contributed by atoms with Gasteiger partial charge in [0, 0.05) is 25.6 Å². The molecule has 2 N–H and O–H groups in total. The molecule has 1 aliphatic heterocycles. The summed E-state index contributed by atoms with van der Waals surface area (Å²) in [4.78, 5) is 6.64. The van der Waals surface area contributed by atoms with E-state index in [1.807, 2.05) is 0 Å². The van der Waals surface area contributed by atoms with Gasteiger partial charge in [0.1, 0.15) is 0 Å². The summed E-state index contributed by atoms with van der Waals surface area (Å²) in [5.41, 5.74) is 6.19. The second-order valence-corrected chi connectivity index (χ2v) is 4.80. The van der Waals surface area contributed by atoms with Crippen molar-refractivity contribution in [2.75, 3.05) is 33.4 Å². The number of aliphatic imine (C=N–C) groups is 1. The summed E-state index contributed by atoms with van der Waals surface area (Å²) in [7, 11) is 1.77. The second-order valence-electron chi connectivity index (χ2n) is 4.80. The van der Waals surface area contributed by atoms with Crippen molar-refractivity contribution in [1.82, 2.24) is 4.90 Å². The zero-order valence-electron chi connectivity index (χ0n) is 9.54. The predicted molar refractivity (Wildman–Crippen MR) is 60.8 cm³/mol. The Hall–Kier alpha value is -0.770. The van der Waals surface area contributed by atoms with Crippen molar-refractivity contribution in [3.05, 3.63) is 0 Å². The van der Waals surface area contributed by atoms with Crippen LogP contribution < -0.4 is 5.73 Å². The molecule has 0 aromatic rings. The van der Waals surface area contributed by atoms with Crippen LogP contribution in [0.1, 0.15) is 25.7 Å². The summed E-state index contributed by atoms with van der Waals surface area (Å²) in [5.74, 6) is 0.726. The molecule has 4 heteroatoms. The van der Waals surface area contributed by atoms with E-state index in [2.05, 4.69) is 9.89 Å². The average Bonchev–Trinajstić information content (AvgIpc) is 2.06. The standard InChI is InChI=1S/C11H21N3O/c1-15-9-11(4-2-5-11)8-13-10(12)14-6-3-7-14/h2-9H2,1H3,(H2,12,13). The molecule has 1 aliphatic carbocycles. The molecule has 1 saturated heterocycles. The van der Waals surface area contributed by atoms with Crippen molar-refractivity contribution in [2.24, 2.45) is 16.1 Å². The van der Waals surface area contributed by atoms with Crippen molar-refractivity contribution in [3.8, 4) is 0 Å². The van der Waals surface area contributed by atoms with Crippen LogP contribution in [-0.4, -0.2) is 44.2 Å². The normalized spacial score (nSPS) is 24.6. The average molecular weight is 211 g/mol. The third kappa shape index (κ3) is 2.25. The Morgan fingerprint density at radius 3 is 2.53 bits per heavy atom. The summed E-state index contributed by atoms with van der Waals surface area (Å²) in [6.45, 7) is 3.81. The SMILES string of the molecule is COCC1(CN=C(N)N2CCC2)CCC1. The van der Waals surface area contributed by atoms with Crippen LogP contribution in [0.15, 0.2) is 4.99 Å². The lowest BCUT2D eigenvalue weighted by molar-refractivity contribution is 0.0250. The molecule has 0 amide bonds. The van der Waals surface area contributed by atoms with Gasteiger partial charge in [-0.25, -0.2) is 0 Å². The number of methoxy groups -OCH3 is 1. The number of ether oxygens (including phenoxy) is 1. The highest BCUT2D eigenvalue weighted by Crippen LogP contribution is 2.41. The molecular weight excluding hydrogens is 190 g/mol. The van der Waals surface area contributed by atoms with Crippen molar-refractivity contribution in [2.45, 2.75) is 25.7 Å². The minimum absolute atomic E-state index is 0.296. The van der Waals surface area contributed by atoms with Crippen LogP contribution in [0.4, 0.5) is 0 Å². The van der Waals surface area contributed by atoms with Crippen LogP contribution in [0, 0.1) is 5.41 Å². The fourth-order valence-corrected chi connectivity index (χ4v) is 2.23. The number of nitrogens with zero attached hydrogens (tertiary/aromatic N) is 2. The van der Waals surface area contributed by atoms with E-state index in [-0.39, 0.29) is 0 Å². The smallest absolute Gasteiger partial charge is 0.191 e. The summed E-state index contributed by atoms with van der Waals surface area (Å²) in [6.07, 6.45) is 5.02. The van der Waals surface area contributed by atoms with Gasteiger partial charge in [-0.1, -0.05) is 6.42 Å². The lowest BCUT2D eigenvalue weighted by Crippen LogP contribution is -2.47. The third-order valence-corrected chi connectivity index (χ3v) is 3.62. The Morgan fingerprint density at radius 1 is 1.40 bits per heavy atom. The Balaban J connectivity index is 1.84. The molecule has 2 aliphatic rings. The maximum Gasteiger partial charge on any atom is 0.191 e. The molecule has 0 atom stereocenters. The van der Waals surface area contributed by atoms with Gasteiger partial charge in [-0.15, -0.1) is 0 Å². The first-order chi connectivity index (χ1) is 7.26. The predicted octanol–water partition coefficient (Wildman–Crippen LogP) is 0.823. The third-order valence-electron chi connectivity index (χ3n) is 3.62. The molecule has 0 bridgehead atoms. The van der Waals surface area contributed by atoms with Gasteiger partial charge in [0.2, 0.25) is 0 Å². The summed E-state index contributed by atoms with van der Waals surface area (Å²) in [5, 5.41) is 0. The van der Waals surface area contributed by atoms with Gasteiger partial charge in [-0.2, -0.15) is 0 Å². The number of rotatable bonds is 4. The maximum atomic E-state index is 5.90. The molecule has 0 unspecified atom stereocenters. The van der Waals surface area contributed by atoms with Crippen LogP contribution in [0.2, 0.25) is 0 Å². The molecule has 4 nitrogen and oxygen atoms in total. The number of hydrogen-bond donors (Lipinski definition) is 1. The van der Waals surface area contributed by atoms with Gasteiger partial charge >= 0.3 is 0 Å². The Labute approximate surface area is 91.5 Å². The van der Waals surface area contributed by atoms with Crippen molar-refractivity contribution < 1.29 is 4.74 Å². The van der Waals surface area contributed by atoms with E-state index in [9.17, 15) is 0 Å². The highest BCUT2D eigenvalue weighted by atomic mass is 16.5. The van der Waals surface area contributed by atoms with E-state index in [4.69, 9.17) is 10.5 Å². The van der Waals surface area contributed by atoms with Gasteiger partial charge in [0.25, 0.3) is 0 Å². The highest BCUT2D eigenvalue weighted by molar-refractivity contribution is 5.78. The molecule has 0 aromatic heterocycles. The monoisotopic (exact) mass is 211 g/mol. The summed E-state index contributed by atoms with van der Waals surface area (Å²) < 4.78 is 5.26. The Kier molecular flexibility index (Phi) is 3.14. The first-order valence-corrected chi connectivity index (χ1v) is 5.80. The van der Waals surface area contributed by atoms with E-state index < -0.39 is 0 Å². The van der Waals surface area contributed by atoms with Gasteiger partial charge in [0.05, 0.1) is 13.2 Å². The first-order valence-electron chi connectivity index (χ1n) is 5.80. The molecule has 2 fully saturated rings. The van der Waals surface area contributed by atoms with Crippen LogP contribution in [0.3, 0.4) is 0 Å². The molecule has 1 saturated carbocycles. The van der Waals surface area contributed by atoms with Gasteiger partial charge in [0.15, 0.2) is 5.96 Å². The van der Waals surface area contributed by atoms with E-state index in [0.717, 1.165) is 32.2 Å². The van der Waals surface area contributed by atoms with E-state index >= 15 is 0 Å². The lowest BCUT2D eigenvalue weighted by Gasteiger charge is -2.40. The fraction of sp³-hybridized carbons (Fsp3) is 0.909. The van der Waals surface area contributed by atoms with Crippen LogP contribution >= 0.6 is 0 Å². The summed E-state index contributed by atoms with van der Waals surface area (Å²) >= 11 is 0. The molecule has 0 aromatic carbocycles. The zero-order valence-corrected chi connectivity index (χ0v) is 9.54. The maximum absolute atomic E-state index is 5.90. The topological polar surface area (TPSA) is 50.9 Å². The minimum Gasteiger partial charge on any atom is -0.384 e. The van der Waals surface area contributed by atoms with Crippen LogP contribution in [0.5, 0.6) is 0 Å². The van der Waals surface area contributed by atoms with E-state index in [0.29, 0.717) is 5.41 Å². The second kappa shape index (κ2) is 4.39. The molecule has 86 valence electrons. The molecule has 1 heterocycles. The van der Waals surface area contributed by atoms with Crippen molar-refractivity contribution in [3.63, 3.8) is 0 Å². The highest BCUT2D eigenvalue weighted by Gasteiger charge is 2.37. The van der Waals surface area contributed by atoms with Crippen molar-refractivity contribution in [1.29, 1.82) is 0 Å². The number of nitrogens with two attached hydrogens (primary N) is 1. The van der Waals surface area contributed by atoms with Gasteiger partial charge in [-0.05, 0) is 19.3 Å². The molecule has 2 rings (SSSR count). The number of guanidine groups is 1. The van der Waals surface area contributed by atoms with Crippen LogP contribution in [-0.2, 0) is 4.74 Å². The largest absolute Gasteiger partial charge is 0.384 e. The molecule has 0 radical (unpaired) electrons. The number of likely N-dealkylation sites (tertiary alicyclic amines) is 1. The van der Waals surface area contributed by atoms with Gasteiger partial charge < -0.3 is 15.4 Å². The number of hydrogen-bond acceptors (Lipinski definition) is 2. The Morgan fingerprint density at radius 2 is 2.13 bits per heavy atom. The van der Waals surface area contributed by atoms with Crippen LogP contribution in [0.25, 0.3) is 0 Å². The van der Waals surface area contributed by atoms with E-state index in [1.54, 1.807) is 7.11 Å². The molecular formula is C11H21N3O. The summed E-state index contributed by atoms with van der Waals surface area (Å²) in [6, 6.07) is 0. The minimum atomic E-state index is 0.296. The zero-order chi connectivity index (χ0) is 10.7. The van der Waals surface area contributed by atoms with Crippen molar-refractivity contribution >= 4 is 5.96 Å².